The van der Waals surface area contributed by atoms with Gasteiger partial charge in [0, 0.05) is 24.2 Å². The molecule has 0 saturated carbocycles. The van der Waals surface area contributed by atoms with Crippen LogP contribution in [0.1, 0.15) is 30.9 Å². The maximum Gasteiger partial charge on any atom is 0.241 e. The van der Waals surface area contributed by atoms with Gasteiger partial charge < -0.3 is 9.64 Å². The number of para-hydroxylation sites is 3. The van der Waals surface area contributed by atoms with E-state index in [0.29, 0.717) is 6.54 Å². The van der Waals surface area contributed by atoms with Gasteiger partial charge in [-0.3, -0.25) is 9.69 Å². The van der Waals surface area contributed by atoms with Crippen molar-refractivity contribution in [1.29, 1.82) is 0 Å². The number of hydrogen-bond donors (Lipinski definition) is 0. The Morgan fingerprint density at radius 3 is 2.12 bits per heavy atom. The van der Waals surface area contributed by atoms with Crippen molar-refractivity contribution in [1.82, 2.24) is 9.88 Å². The topological polar surface area (TPSA) is 45.7 Å². The van der Waals surface area contributed by atoms with Gasteiger partial charge in [0.15, 0.2) is 5.13 Å². The number of thiazole rings is 1. The van der Waals surface area contributed by atoms with E-state index in [2.05, 4.69) is 24.8 Å². The number of anilines is 1. The molecule has 0 unspecified atom stereocenters. The molecule has 0 aliphatic carbocycles. The Hall–Kier alpha value is -3.22. The van der Waals surface area contributed by atoms with Crippen molar-refractivity contribution in [3.05, 3.63) is 83.9 Å². The molecule has 5 nitrogen and oxygen atoms in total. The van der Waals surface area contributed by atoms with Crippen LogP contribution in [-0.2, 0) is 4.79 Å². The Labute approximate surface area is 198 Å². The number of carbonyl (C=O) groups is 1. The third-order valence-corrected chi connectivity index (χ3v) is 7.30. The number of benzene rings is 3. The zero-order valence-electron chi connectivity index (χ0n) is 18.9. The average Bonchev–Trinajstić information content (AvgIpc) is 3.28. The van der Waals surface area contributed by atoms with Crippen LogP contribution in [0.2, 0.25) is 0 Å². The fraction of sp³-hybridized carbons (Fsp3) is 0.259. The Morgan fingerprint density at radius 2 is 1.48 bits per heavy atom. The van der Waals surface area contributed by atoms with E-state index in [-0.39, 0.29) is 5.91 Å². The summed E-state index contributed by atoms with van der Waals surface area (Å²) in [5.74, 6) is 1.07. The molecule has 0 fully saturated rings. The van der Waals surface area contributed by atoms with Crippen LogP contribution < -0.4 is 9.64 Å². The fourth-order valence-corrected chi connectivity index (χ4v) is 5.39. The third kappa shape index (κ3) is 4.12. The molecule has 2 heterocycles. The lowest BCUT2D eigenvalue weighted by Crippen LogP contribution is -2.42. The van der Waals surface area contributed by atoms with Crippen molar-refractivity contribution >= 4 is 32.6 Å². The number of nitrogens with zero attached hydrogens (tertiary/aromatic N) is 3. The molecule has 5 rings (SSSR count). The van der Waals surface area contributed by atoms with Crippen LogP contribution in [0.5, 0.6) is 11.5 Å². The lowest BCUT2D eigenvalue weighted by molar-refractivity contribution is -0.119. The molecule has 33 heavy (non-hydrogen) atoms. The van der Waals surface area contributed by atoms with E-state index in [4.69, 9.17) is 9.72 Å². The van der Waals surface area contributed by atoms with E-state index in [1.807, 2.05) is 71.6 Å². The van der Waals surface area contributed by atoms with Crippen LogP contribution in [0.15, 0.2) is 72.8 Å². The predicted octanol–water partition coefficient (Wildman–Crippen LogP) is 5.91. The van der Waals surface area contributed by atoms with Crippen LogP contribution in [0, 0.1) is 0 Å². The number of carbonyl (C=O) groups excluding carboxylic acids is 1. The Balaban J connectivity index is 1.58. The van der Waals surface area contributed by atoms with E-state index in [1.165, 1.54) is 0 Å². The van der Waals surface area contributed by atoms with Gasteiger partial charge in [-0.1, -0.05) is 73.7 Å². The molecule has 0 bridgehead atoms. The summed E-state index contributed by atoms with van der Waals surface area (Å²) < 4.78 is 7.22. The zero-order valence-corrected chi connectivity index (χ0v) is 19.7. The van der Waals surface area contributed by atoms with E-state index >= 15 is 0 Å². The molecular formula is C27H27N3O2S. The van der Waals surface area contributed by atoms with E-state index in [0.717, 1.165) is 57.6 Å². The first kappa shape index (κ1) is 21.6. The van der Waals surface area contributed by atoms with E-state index < -0.39 is 5.92 Å². The molecule has 1 aliphatic rings. The summed E-state index contributed by atoms with van der Waals surface area (Å²) in [6.07, 6.45) is 0. The summed E-state index contributed by atoms with van der Waals surface area (Å²) in [5, 5.41) is 0.745. The molecule has 0 atom stereocenters. The highest BCUT2D eigenvalue weighted by atomic mass is 32.1. The summed E-state index contributed by atoms with van der Waals surface area (Å²) in [4.78, 5) is 23.4. The Kier molecular flexibility index (Phi) is 6.11. The Morgan fingerprint density at radius 1 is 0.879 bits per heavy atom. The van der Waals surface area contributed by atoms with Crippen LogP contribution in [-0.4, -0.2) is 42.0 Å². The van der Waals surface area contributed by atoms with E-state index in [9.17, 15) is 4.79 Å². The van der Waals surface area contributed by atoms with Gasteiger partial charge in [0.25, 0.3) is 0 Å². The van der Waals surface area contributed by atoms with E-state index in [1.54, 1.807) is 11.3 Å². The minimum absolute atomic E-state index is 0.0319. The lowest BCUT2D eigenvalue weighted by Gasteiger charge is -2.32. The number of likely N-dealkylation sites (N-methyl/N-ethyl adjacent to an activating group) is 1. The highest BCUT2D eigenvalue weighted by Gasteiger charge is 2.36. The minimum Gasteiger partial charge on any atom is -0.457 e. The molecule has 6 heteroatoms. The molecule has 168 valence electrons. The zero-order chi connectivity index (χ0) is 22.8. The lowest BCUT2D eigenvalue weighted by atomic mass is 9.87. The summed E-state index contributed by atoms with van der Waals surface area (Å²) in [6.45, 7) is 7.57. The highest BCUT2D eigenvalue weighted by molar-refractivity contribution is 7.22. The maximum atomic E-state index is 14.3. The van der Waals surface area contributed by atoms with Gasteiger partial charge in [-0.15, -0.1) is 0 Å². The normalized spacial score (nSPS) is 12.9. The molecule has 1 aromatic heterocycles. The number of hydrogen-bond acceptors (Lipinski definition) is 5. The van der Waals surface area contributed by atoms with Crippen molar-refractivity contribution in [2.45, 2.75) is 19.8 Å². The van der Waals surface area contributed by atoms with Gasteiger partial charge in [0.1, 0.15) is 11.5 Å². The molecular weight excluding hydrogens is 430 g/mol. The van der Waals surface area contributed by atoms with Gasteiger partial charge >= 0.3 is 0 Å². The highest BCUT2D eigenvalue weighted by Crippen LogP contribution is 2.45. The van der Waals surface area contributed by atoms with Crippen LogP contribution in [0.25, 0.3) is 10.2 Å². The first-order valence-electron chi connectivity index (χ1n) is 11.4. The second kappa shape index (κ2) is 9.33. The molecule has 0 spiro atoms. The number of ether oxygens (including phenoxy) is 1. The van der Waals surface area contributed by atoms with Crippen molar-refractivity contribution in [3.63, 3.8) is 0 Å². The molecule has 4 aromatic rings. The predicted molar refractivity (Wildman–Crippen MR) is 135 cm³/mol. The van der Waals surface area contributed by atoms with Crippen molar-refractivity contribution in [2.75, 3.05) is 31.1 Å². The monoisotopic (exact) mass is 457 g/mol. The summed E-state index contributed by atoms with van der Waals surface area (Å²) in [7, 11) is 0. The van der Waals surface area contributed by atoms with Gasteiger partial charge in [-0.05, 0) is 37.4 Å². The molecule has 0 saturated heterocycles. The maximum absolute atomic E-state index is 14.3. The second-order valence-corrected chi connectivity index (χ2v) is 9.10. The number of aromatic nitrogens is 1. The van der Waals surface area contributed by atoms with Gasteiger partial charge in [0.2, 0.25) is 5.91 Å². The fourth-order valence-electron chi connectivity index (χ4n) is 4.39. The molecule has 1 amide bonds. The summed E-state index contributed by atoms with van der Waals surface area (Å²) >= 11 is 1.57. The quantitative estimate of drug-likeness (QED) is 0.346. The number of fused-ring (bicyclic) bond motifs is 3. The van der Waals surface area contributed by atoms with Crippen molar-refractivity contribution in [2.24, 2.45) is 0 Å². The smallest absolute Gasteiger partial charge is 0.241 e. The Bertz CT molecular complexity index is 1200. The molecule has 0 radical (unpaired) electrons. The molecule has 0 N–H and O–H groups in total. The van der Waals surface area contributed by atoms with Gasteiger partial charge in [-0.25, -0.2) is 4.98 Å². The van der Waals surface area contributed by atoms with Crippen LogP contribution in [0.4, 0.5) is 5.13 Å². The van der Waals surface area contributed by atoms with Gasteiger partial charge in [0.05, 0.1) is 16.1 Å². The summed E-state index contributed by atoms with van der Waals surface area (Å²) in [5.41, 5.74) is 2.72. The second-order valence-electron chi connectivity index (χ2n) is 8.09. The first-order chi connectivity index (χ1) is 16.2. The molecule has 3 aromatic carbocycles. The third-order valence-electron chi connectivity index (χ3n) is 6.24. The van der Waals surface area contributed by atoms with Gasteiger partial charge in [-0.2, -0.15) is 0 Å². The summed E-state index contributed by atoms with van der Waals surface area (Å²) in [6, 6.07) is 23.7. The van der Waals surface area contributed by atoms with Crippen LogP contribution in [0.3, 0.4) is 0 Å². The van der Waals surface area contributed by atoms with Crippen LogP contribution >= 0.6 is 11.3 Å². The first-order valence-corrected chi connectivity index (χ1v) is 12.3. The number of amides is 1. The minimum atomic E-state index is -0.435. The van der Waals surface area contributed by atoms with Crippen molar-refractivity contribution < 1.29 is 9.53 Å². The SMILES string of the molecule is CCN(CC)CCN(C(=O)C1c2ccccc2Oc2ccccc21)c1nc2ccccc2s1. The number of rotatable bonds is 7. The standard InChI is InChI=1S/C27H27N3O2S/c1-3-29(4-2)17-18-30(27-28-21-13-7-10-16-24(21)33-27)26(31)25-19-11-5-8-14-22(19)32-23-15-9-6-12-20(23)25/h5-16,25H,3-4,17-18H2,1-2H3. The largest absolute Gasteiger partial charge is 0.457 e. The van der Waals surface area contributed by atoms with Crippen molar-refractivity contribution in [3.8, 4) is 11.5 Å². The average molecular weight is 458 g/mol. The molecule has 1 aliphatic heterocycles.